The van der Waals surface area contributed by atoms with Gasteiger partial charge in [-0.25, -0.2) is 0 Å². The van der Waals surface area contributed by atoms with E-state index < -0.39 is 18.6 Å². The minimum atomic E-state index is -4.50. The quantitative estimate of drug-likeness (QED) is 0.920. The summed E-state index contributed by atoms with van der Waals surface area (Å²) in [7, 11) is 0. The Morgan fingerprint density at radius 3 is 2.53 bits per heavy atom. The summed E-state index contributed by atoms with van der Waals surface area (Å²) in [5.74, 6) is -2.00. The topological polar surface area (TPSA) is 35.8 Å². The van der Waals surface area contributed by atoms with E-state index in [2.05, 4.69) is 21.2 Å². The molecule has 1 unspecified atom stereocenters. The van der Waals surface area contributed by atoms with Crippen LogP contribution in [0.15, 0.2) is 22.7 Å². The molecule has 1 aromatic carbocycles. The van der Waals surface area contributed by atoms with Gasteiger partial charge in [-0.3, -0.25) is 0 Å². The molecule has 0 radical (unpaired) electrons. The molecule has 1 aromatic rings. The summed E-state index contributed by atoms with van der Waals surface area (Å²) in [6.07, 6.45) is -4.50. The lowest BCUT2D eigenvalue weighted by molar-refractivity contribution is -0.155. The van der Waals surface area contributed by atoms with Crippen LogP contribution in [0, 0.1) is 24.2 Å². The van der Waals surface area contributed by atoms with Crippen molar-refractivity contribution in [3.63, 3.8) is 0 Å². The molecule has 0 aliphatic carbocycles. The predicted octanol–water partition coefficient (Wildman–Crippen LogP) is 3.87. The van der Waals surface area contributed by atoms with Crippen molar-refractivity contribution >= 4 is 21.6 Å². The van der Waals surface area contributed by atoms with E-state index in [1.54, 1.807) is 12.1 Å². The molecule has 0 saturated carbocycles. The predicted molar refractivity (Wildman–Crippen MR) is 62.5 cm³/mol. The molecule has 92 valence electrons. The van der Waals surface area contributed by atoms with Crippen molar-refractivity contribution in [1.82, 2.24) is 0 Å². The van der Waals surface area contributed by atoms with E-state index in [0.717, 1.165) is 10.0 Å². The van der Waals surface area contributed by atoms with Gasteiger partial charge in [0.05, 0.1) is 6.07 Å². The first kappa shape index (κ1) is 13.8. The van der Waals surface area contributed by atoms with E-state index >= 15 is 0 Å². The van der Waals surface area contributed by atoms with Gasteiger partial charge in [-0.15, -0.1) is 0 Å². The Bertz CT molecular complexity index is 417. The Morgan fingerprint density at radius 1 is 1.41 bits per heavy atom. The summed E-state index contributed by atoms with van der Waals surface area (Å²) in [4.78, 5) is 0. The molecule has 17 heavy (non-hydrogen) atoms. The molecule has 0 aliphatic heterocycles. The first-order valence-corrected chi connectivity index (χ1v) is 5.59. The van der Waals surface area contributed by atoms with E-state index in [0.29, 0.717) is 5.69 Å². The van der Waals surface area contributed by atoms with Gasteiger partial charge in [0.25, 0.3) is 0 Å². The molecule has 0 heterocycles. The van der Waals surface area contributed by atoms with E-state index in [-0.39, 0.29) is 0 Å². The van der Waals surface area contributed by atoms with Crippen LogP contribution in [0.5, 0.6) is 0 Å². The van der Waals surface area contributed by atoms with Crippen molar-refractivity contribution in [2.45, 2.75) is 13.1 Å². The second-order valence-corrected chi connectivity index (χ2v) is 4.54. The molecule has 1 N–H and O–H groups in total. The largest absolute Gasteiger partial charge is 0.406 e. The SMILES string of the molecule is Cc1cc(Br)cc(NCC(C#N)C(F)(F)F)c1. The zero-order chi connectivity index (χ0) is 13.1. The van der Waals surface area contributed by atoms with Crippen molar-refractivity contribution in [3.8, 4) is 6.07 Å². The van der Waals surface area contributed by atoms with Crippen LogP contribution in [0.1, 0.15) is 5.56 Å². The Balaban J connectivity index is 2.70. The van der Waals surface area contributed by atoms with Gasteiger partial charge < -0.3 is 5.32 Å². The van der Waals surface area contributed by atoms with Crippen LogP contribution in [0.25, 0.3) is 0 Å². The lowest BCUT2D eigenvalue weighted by Gasteiger charge is -2.15. The van der Waals surface area contributed by atoms with E-state index in [1.165, 1.54) is 6.07 Å². The summed E-state index contributed by atoms with van der Waals surface area (Å²) >= 11 is 3.25. The second kappa shape index (κ2) is 5.41. The van der Waals surface area contributed by atoms with Crippen molar-refractivity contribution in [2.75, 3.05) is 11.9 Å². The van der Waals surface area contributed by atoms with Crippen LogP contribution in [0.3, 0.4) is 0 Å². The van der Waals surface area contributed by atoms with Gasteiger partial charge in [0.15, 0.2) is 5.92 Å². The molecule has 0 aliphatic rings. The van der Waals surface area contributed by atoms with Crippen molar-refractivity contribution in [2.24, 2.45) is 5.92 Å². The third-order valence-corrected chi connectivity index (χ3v) is 2.56. The molecular weight excluding hydrogens is 297 g/mol. The Kier molecular flexibility index (Phi) is 4.40. The van der Waals surface area contributed by atoms with E-state index in [9.17, 15) is 13.2 Å². The summed E-state index contributed by atoms with van der Waals surface area (Å²) in [6, 6.07) is 6.47. The Labute approximate surface area is 106 Å². The van der Waals surface area contributed by atoms with Gasteiger partial charge in [0.2, 0.25) is 0 Å². The fourth-order valence-corrected chi connectivity index (χ4v) is 1.90. The number of alkyl halides is 3. The van der Waals surface area contributed by atoms with Gasteiger partial charge in [-0.1, -0.05) is 15.9 Å². The highest BCUT2D eigenvalue weighted by atomic mass is 79.9. The summed E-state index contributed by atoms with van der Waals surface area (Å²) < 4.78 is 37.7. The molecule has 6 heteroatoms. The van der Waals surface area contributed by atoms with Crippen molar-refractivity contribution < 1.29 is 13.2 Å². The number of hydrogen-bond acceptors (Lipinski definition) is 2. The van der Waals surface area contributed by atoms with E-state index in [4.69, 9.17) is 5.26 Å². The molecule has 0 amide bonds. The molecule has 0 saturated heterocycles. The number of rotatable bonds is 3. The number of nitriles is 1. The van der Waals surface area contributed by atoms with Crippen LogP contribution in [-0.4, -0.2) is 12.7 Å². The number of halogens is 4. The smallest absolute Gasteiger partial charge is 0.383 e. The molecule has 0 bridgehead atoms. The fraction of sp³-hybridized carbons (Fsp3) is 0.364. The number of benzene rings is 1. The number of nitrogens with one attached hydrogen (secondary N) is 1. The minimum absolute atomic E-state index is 0.449. The van der Waals surface area contributed by atoms with Crippen molar-refractivity contribution in [1.29, 1.82) is 5.26 Å². The average Bonchev–Trinajstić information content (AvgIpc) is 2.14. The van der Waals surface area contributed by atoms with Gasteiger partial charge in [0, 0.05) is 16.7 Å². The first-order chi connectivity index (χ1) is 7.82. The minimum Gasteiger partial charge on any atom is -0.383 e. The Hall–Kier alpha value is -1.22. The number of nitrogens with zero attached hydrogens (tertiary/aromatic N) is 1. The lowest BCUT2D eigenvalue weighted by atomic mass is 10.1. The molecular formula is C11H10BrF3N2. The van der Waals surface area contributed by atoms with Crippen LogP contribution in [-0.2, 0) is 0 Å². The summed E-state index contributed by atoms with van der Waals surface area (Å²) in [5.41, 5.74) is 1.48. The highest BCUT2D eigenvalue weighted by Crippen LogP contribution is 2.26. The first-order valence-electron chi connectivity index (χ1n) is 4.80. The average molecular weight is 307 g/mol. The van der Waals surface area contributed by atoms with Gasteiger partial charge in [-0.2, -0.15) is 18.4 Å². The van der Waals surface area contributed by atoms with E-state index in [1.807, 2.05) is 13.0 Å². The summed E-state index contributed by atoms with van der Waals surface area (Å²) in [5, 5.41) is 11.0. The molecule has 0 fully saturated rings. The maximum atomic E-state index is 12.3. The highest BCUT2D eigenvalue weighted by molar-refractivity contribution is 9.10. The molecule has 1 atom stereocenters. The molecule has 0 spiro atoms. The van der Waals surface area contributed by atoms with Gasteiger partial charge in [0.1, 0.15) is 0 Å². The fourth-order valence-electron chi connectivity index (χ4n) is 1.29. The number of aryl methyl sites for hydroxylation is 1. The maximum Gasteiger partial charge on any atom is 0.406 e. The monoisotopic (exact) mass is 306 g/mol. The van der Waals surface area contributed by atoms with Crippen LogP contribution in [0.4, 0.5) is 18.9 Å². The second-order valence-electron chi connectivity index (χ2n) is 3.62. The standard InChI is InChI=1S/C11H10BrF3N2/c1-7-2-9(12)4-10(3-7)17-6-8(5-16)11(13,14)15/h2-4,8,17H,6H2,1H3. The van der Waals surface area contributed by atoms with Gasteiger partial charge in [-0.05, 0) is 30.7 Å². The van der Waals surface area contributed by atoms with Crippen LogP contribution in [0.2, 0.25) is 0 Å². The van der Waals surface area contributed by atoms with Crippen molar-refractivity contribution in [3.05, 3.63) is 28.2 Å². The highest BCUT2D eigenvalue weighted by Gasteiger charge is 2.39. The zero-order valence-corrected chi connectivity index (χ0v) is 10.6. The van der Waals surface area contributed by atoms with Crippen LogP contribution >= 0.6 is 15.9 Å². The summed E-state index contributed by atoms with van der Waals surface area (Å²) in [6.45, 7) is 1.39. The zero-order valence-electron chi connectivity index (χ0n) is 8.98. The Morgan fingerprint density at radius 2 is 2.06 bits per heavy atom. The molecule has 0 aromatic heterocycles. The third kappa shape index (κ3) is 4.27. The molecule has 1 rings (SSSR count). The third-order valence-electron chi connectivity index (χ3n) is 2.10. The molecule has 2 nitrogen and oxygen atoms in total. The number of anilines is 1. The normalized spacial score (nSPS) is 12.9. The lowest BCUT2D eigenvalue weighted by Crippen LogP contribution is -2.28. The van der Waals surface area contributed by atoms with Gasteiger partial charge >= 0.3 is 6.18 Å². The van der Waals surface area contributed by atoms with Crippen LogP contribution < -0.4 is 5.32 Å². The number of hydrogen-bond donors (Lipinski definition) is 1. The maximum absolute atomic E-state index is 12.3.